The number of esters is 1. The van der Waals surface area contributed by atoms with E-state index in [9.17, 15) is 13.2 Å². The molecular weight excluding hydrogens is 436 g/mol. The first-order valence-corrected chi connectivity index (χ1v) is 12.9. The number of nitrogens with zero attached hydrogens (tertiary/aromatic N) is 2. The number of thiophene rings is 2. The lowest BCUT2D eigenvalue weighted by Crippen LogP contribution is -2.36. The molecule has 10 heteroatoms. The fraction of sp³-hybridized carbons (Fsp3) is 0.333. The third kappa shape index (κ3) is 4.06. The van der Waals surface area contributed by atoms with E-state index >= 15 is 0 Å². The molecule has 4 heterocycles. The fourth-order valence-electron chi connectivity index (χ4n) is 2.99. The number of rotatable bonds is 6. The molecule has 0 bridgehead atoms. The number of aromatic nitrogens is 1. The Morgan fingerprint density at radius 1 is 1.11 bits per heavy atom. The maximum Gasteiger partial charge on any atom is 0.350 e. The summed E-state index contributed by atoms with van der Waals surface area (Å²) >= 11 is 4.18. The third-order valence-corrected chi connectivity index (χ3v) is 9.28. The van der Waals surface area contributed by atoms with Gasteiger partial charge in [0.25, 0.3) is 0 Å². The smallest absolute Gasteiger partial charge is 0.350 e. The molecule has 3 aromatic rings. The van der Waals surface area contributed by atoms with E-state index in [-0.39, 0.29) is 16.4 Å². The minimum absolute atomic E-state index is 0.0157. The van der Waals surface area contributed by atoms with Crippen LogP contribution in [0.2, 0.25) is 0 Å². The van der Waals surface area contributed by atoms with Crippen LogP contribution in [-0.2, 0) is 21.4 Å². The van der Waals surface area contributed by atoms with Gasteiger partial charge in [-0.2, -0.15) is 4.31 Å². The van der Waals surface area contributed by atoms with Gasteiger partial charge in [0.15, 0.2) is 0 Å². The first kappa shape index (κ1) is 19.7. The highest BCUT2D eigenvalue weighted by molar-refractivity contribution is 7.89. The molecule has 0 atom stereocenters. The Morgan fingerprint density at radius 3 is 2.68 bits per heavy atom. The Labute approximate surface area is 175 Å². The maximum absolute atomic E-state index is 12.9. The topological polar surface area (TPSA) is 76.6 Å². The maximum atomic E-state index is 12.9. The largest absolute Gasteiger partial charge is 0.455 e. The van der Waals surface area contributed by atoms with Crippen molar-refractivity contribution in [1.29, 1.82) is 0 Å². The summed E-state index contributed by atoms with van der Waals surface area (Å²) in [6.07, 6.45) is 2.73. The second-order valence-electron chi connectivity index (χ2n) is 6.28. The number of carbonyl (C=O) groups is 1. The van der Waals surface area contributed by atoms with Gasteiger partial charge in [-0.3, -0.25) is 0 Å². The van der Waals surface area contributed by atoms with E-state index in [0.29, 0.717) is 18.8 Å². The summed E-state index contributed by atoms with van der Waals surface area (Å²) in [5, 5.41) is 6.33. The number of sulfonamides is 1. The van der Waals surface area contributed by atoms with Gasteiger partial charge in [-0.05, 0) is 35.7 Å². The number of piperidine rings is 1. The zero-order valence-corrected chi connectivity index (χ0v) is 18.1. The summed E-state index contributed by atoms with van der Waals surface area (Å²) in [5.74, 6) is -0.628. The molecule has 0 unspecified atom stereocenters. The predicted molar refractivity (Wildman–Crippen MR) is 111 cm³/mol. The highest BCUT2D eigenvalue weighted by Crippen LogP contribution is 2.30. The summed E-state index contributed by atoms with van der Waals surface area (Å²) in [5.41, 5.74) is 0.652. The first-order valence-electron chi connectivity index (χ1n) is 8.79. The molecular formula is C18H18N2O4S4. The quantitative estimate of drug-likeness (QED) is 0.514. The van der Waals surface area contributed by atoms with Crippen LogP contribution < -0.4 is 0 Å². The van der Waals surface area contributed by atoms with Crippen molar-refractivity contribution in [2.24, 2.45) is 0 Å². The van der Waals surface area contributed by atoms with Gasteiger partial charge in [-0.25, -0.2) is 18.2 Å². The number of ether oxygens (including phenoxy) is 1. The number of hydrogen-bond acceptors (Lipinski definition) is 8. The molecule has 1 saturated heterocycles. The normalized spacial score (nSPS) is 15.6. The van der Waals surface area contributed by atoms with Crippen LogP contribution in [0.1, 0.15) is 34.6 Å². The van der Waals surface area contributed by atoms with Crippen molar-refractivity contribution in [3.8, 4) is 9.88 Å². The van der Waals surface area contributed by atoms with Gasteiger partial charge in [0.1, 0.15) is 21.4 Å². The van der Waals surface area contributed by atoms with Crippen LogP contribution in [0, 0.1) is 0 Å². The third-order valence-electron chi connectivity index (χ3n) is 4.38. The molecule has 0 radical (unpaired) electrons. The van der Waals surface area contributed by atoms with Gasteiger partial charge in [0.05, 0.1) is 10.6 Å². The Balaban J connectivity index is 1.45. The average molecular weight is 455 g/mol. The zero-order chi connectivity index (χ0) is 19.6. The monoisotopic (exact) mass is 454 g/mol. The van der Waals surface area contributed by atoms with Crippen molar-refractivity contribution in [2.75, 3.05) is 13.1 Å². The highest BCUT2D eigenvalue weighted by Gasteiger charge is 2.31. The van der Waals surface area contributed by atoms with Gasteiger partial charge in [0.2, 0.25) is 10.0 Å². The molecule has 4 rings (SSSR count). The van der Waals surface area contributed by atoms with Crippen LogP contribution in [0.5, 0.6) is 0 Å². The molecule has 0 aliphatic carbocycles. The Hall–Kier alpha value is -1.59. The van der Waals surface area contributed by atoms with E-state index in [1.54, 1.807) is 16.7 Å². The number of thiazole rings is 1. The van der Waals surface area contributed by atoms with E-state index in [2.05, 4.69) is 4.98 Å². The van der Waals surface area contributed by atoms with Crippen LogP contribution in [0.15, 0.2) is 39.2 Å². The van der Waals surface area contributed by atoms with Crippen molar-refractivity contribution in [3.63, 3.8) is 0 Å². The van der Waals surface area contributed by atoms with E-state index in [1.165, 1.54) is 21.7 Å². The summed E-state index contributed by atoms with van der Waals surface area (Å²) in [7, 11) is -3.67. The number of hydrogen-bond donors (Lipinski definition) is 0. The molecule has 0 N–H and O–H groups in total. The summed E-state index contributed by atoms with van der Waals surface area (Å²) in [4.78, 5) is 18.3. The minimum Gasteiger partial charge on any atom is -0.455 e. The van der Waals surface area contributed by atoms with E-state index < -0.39 is 16.0 Å². The Bertz CT molecular complexity index is 1050. The first-order chi connectivity index (χ1) is 13.6. The second kappa shape index (κ2) is 8.42. The summed E-state index contributed by atoms with van der Waals surface area (Å²) in [6, 6.07) is 5.44. The average Bonchev–Trinajstić information content (AvgIpc) is 3.48. The highest BCUT2D eigenvalue weighted by atomic mass is 32.2. The molecule has 0 saturated carbocycles. The lowest BCUT2D eigenvalue weighted by atomic mass is 10.2. The van der Waals surface area contributed by atoms with Gasteiger partial charge >= 0.3 is 5.97 Å². The Morgan fingerprint density at radius 2 is 1.93 bits per heavy atom. The van der Waals surface area contributed by atoms with Crippen LogP contribution in [0.4, 0.5) is 0 Å². The summed E-state index contributed by atoms with van der Waals surface area (Å²) in [6.45, 7) is 1.01. The van der Waals surface area contributed by atoms with Gasteiger partial charge < -0.3 is 4.74 Å². The molecule has 28 heavy (non-hydrogen) atoms. The van der Waals surface area contributed by atoms with Crippen LogP contribution in [0.3, 0.4) is 0 Å². The van der Waals surface area contributed by atoms with Crippen LogP contribution in [0.25, 0.3) is 9.88 Å². The number of carbonyl (C=O) groups excluding carboxylic acids is 1. The SMILES string of the molecule is O=C(OCc1csc(-c2cccs2)n1)c1sccc1S(=O)(=O)N1CCCCC1. The van der Waals surface area contributed by atoms with E-state index in [1.807, 2.05) is 22.9 Å². The molecule has 1 fully saturated rings. The molecule has 3 aromatic heterocycles. The van der Waals surface area contributed by atoms with Crippen molar-refractivity contribution in [3.05, 3.63) is 44.9 Å². The lowest BCUT2D eigenvalue weighted by molar-refractivity contribution is 0.0470. The summed E-state index contributed by atoms with van der Waals surface area (Å²) < 4.78 is 32.6. The predicted octanol–water partition coefficient (Wildman–Crippen LogP) is 4.46. The van der Waals surface area contributed by atoms with E-state index in [4.69, 9.17) is 4.74 Å². The van der Waals surface area contributed by atoms with Crippen molar-refractivity contribution in [1.82, 2.24) is 9.29 Å². The minimum atomic E-state index is -3.67. The molecule has 1 aliphatic rings. The molecule has 1 aliphatic heterocycles. The molecule has 6 nitrogen and oxygen atoms in total. The molecule has 0 spiro atoms. The van der Waals surface area contributed by atoms with Gasteiger partial charge in [-0.1, -0.05) is 12.5 Å². The molecule has 0 amide bonds. The molecule has 148 valence electrons. The van der Waals surface area contributed by atoms with Crippen molar-refractivity contribution >= 4 is 50.0 Å². The van der Waals surface area contributed by atoms with Crippen molar-refractivity contribution < 1.29 is 17.9 Å². The van der Waals surface area contributed by atoms with Crippen LogP contribution in [-0.4, -0.2) is 36.8 Å². The fourth-order valence-corrected chi connectivity index (χ4v) is 7.40. The zero-order valence-electron chi connectivity index (χ0n) is 14.9. The molecule has 0 aromatic carbocycles. The Kier molecular flexibility index (Phi) is 5.93. The van der Waals surface area contributed by atoms with Gasteiger partial charge in [-0.15, -0.1) is 34.0 Å². The van der Waals surface area contributed by atoms with Crippen LogP contribution >= 0.6 is 34.0 Å². The van der Waals surface area contributed by atoms with Gasteiger partial charge in [0, 0.05) is 18.5 Å². The van der Waals surface area contributed by atoms with E-state index in [0.717, 1.165) is 40.5 Å². The lowest BCUT2D eigenvalue weighted by Gasteiger charge is -2.25. The van der Waals surface area contributed by atoms with Crippen molar-refractivity contribution in [2.45, 2.75) is 30.8 Å². The second-order valence-corrected chi connectivity index (χ2v) is 10.9. The standard InChI is InChI=1S/C18H18N2O4S4/c21-18(24-11-13-12-27-17(19-13)14-5-4-9-25-14)16-15(6-10-26-16)28(22,23)20-7-2-1-3-8-20/h4-6,9-10,12H,1-3,7-8,11H2.